The predicted molar refractivity (Wildman–Crippen MR) is 79.1 cm³/mol. The molecule has 0 saturated heterocycles. The fourth-order valence-corrected chi connectivity index (χ4v) is 2.30. The van der Waals surface area contributed by atoms with Crippen molar-refractivity contribution in [3.05, 3.63) is 47.8 Å². The van der Waals surface area contributed by atoms with Crippen LogP contribution in [0, 0.1) is 0 Å². The van der Waals surface area contributed by atoms with Crippen LogP contribution in [0.1, 0.15) is 43.9 Å². The molecule has 2 rings (SSSR count). The number of carbonyl (C=O) groups is 1. The number of H-pyrrole nitrogens is 1. The lowest BCUT2D eigenvalue weighted by Crippen LogP contribution is -2.09. The van der Waals surface area contributed by atoms with Crippen molar-refractivity contribution in [2.75, 3.05) is 6.61 Å². The number of aromatic nitrogens is 2. The minimum absolute atomic E-state index is 0.229. The maximum Gasteiger partial charge on any atom is 0.338 e. The van der Waals surface area contributed by atoms with Gasteiger partial charge in [-0.05, 0) is 19.8 Å². The molecule has 0 spiro atoms. The van der Waals surface area contributed by atoms with Gasteiger partial charge < -0.3 is 4.74 Å². The van der Waals surface area contributed by atoms with Gasteiger partial charge in [-0.2, -0.15) is 5.10 Å². The number of nitrogens with zero attached hydrogens (tertiary/aromatic N) is 1. The molecule has 1 aliphatic rings. The lowest BCUT2D eigenvalue weighted by Gasteiger charge is -2.14. The zero-order valence-electron chi connectivity index (χ0n) is 11.9. The zero-order chi connectivity index (χ0) is 14.4. The van der Waals surface area contributed by atoms with Crippen LogP contribution in [-0.4, -0.2) is 22.8 Å². The van der Waals surface area contributed by atoms with Gasteiger partial charge in [0.05, 0.1) is 24.1 Å². The van der Waals surface area contributed by atoms with E-state index >= 15 is 0 Å². The van der Waals surface area contributed by atoms with Gasteiger partial charge in [0.25, 0.3) is 0 Å². The summed E-state index contributed by atoms with van der Waals surface area (Å²) in [6.45, 7) is 4.19. The van der Waals surface area contributed by atoms with Crippen molar-refractivity contribution in [1.29, 1.82) is 0 Å². The van der Waals surface area contributed by atoms with Crippen LogP contribution in [0.25, 0.3) is 5.57 Å². The molecule has 106 valence electrons. The van der Waals surface area contributed by atoms with Crippen LogP contribution in [0.15, 0.2) is 36.6 Å². The molecule has 4 heteroatoms. The molecule has 1 unspecified atom stereocenters. The first kappa shape index (κ1) is 14.3. The molecule has 1 heterocycles. The highest BCUT2D eigenvalue weighted by Gasteiger charge is 2.22. The molecule has 0 saturated carbocycles. The topological polar surface area (TPSA) is 55.0 Å². The van der Waals surface area contributed by atoms with E-state index in [-0.39, 0.29) is 11.9 Å². The van der Waals surface area contributed by atoms with Gasteiger partial charge in [-0.3, -0.25) is 5.10 Å². The Hall–Kier alpha value is -2.10. The Morgan fingerprint density at radius 1 is 1.50 bits per heavy atom. The van der Waals surface area contributed by atoms with Gasteiger partial charge in [-0.25, -0.2) is 4.79 Å². The summed E-state index contributed by atoms with van der Waals surface area (Å²) in [7, 11) is 0. The molecule has 1 atom stereocenters. The summed E-state index contributed by atoms with van der Waals surface area (Å²) in [6.07, 6.45) is 13.6. The first-order valence-electron chi connectivity index (χ1n) is 7.02. The van der Waals surface area contributed by atoms with E-state index < -0.39 is 0 Å². The standard InChI is InChI=1S/C16H20N2O2/c1-3-8-13(16(19)20-4-2)14-11-17-18-15(14)12-9-6-5-7-10-12/h5-9,11-12H,3-4,10H2,1-2H3,(H,17,18)/b13-8+. The molecule has 1 aromatic rings. The number of rotatable bonds is 5. The molecular formula is C16H20N2O2. The number of carbonyl (C=O) groups excluding carboxylic acids is 1. The van der Waals surface area contributed by atoms with E-state index in [2.05, 4.69) is 22.3 Å². The molecule has 0 fully saturated rings. The largest absolute Gasteiger partial charge is 0.462 e. The van der Waals surface area contributed by atoms with Crippen molar-refractivity contribution >= 4 is 11.5 Å². The van der Waals surface area contributed by atoms with E-state index in [0.29, 0.717) is 12.2 Å². The third-order valence-electron chi connectivity index (χ3n) is 3.21. The van der Waals surface area contributed by atoms with Gasteiger partial charge in [0.1, 0.15) is 0 Å². The molecule has 0 aliphatic heterocycles. The van der Waals surface area contributed by atoms with Crippen LogP contribution in [0.3, 0.4) is 0 Å². The monoisotopic (exact) mass is 272 g/mol. The Bertz CT molecular complexity index is 553. The summed E-state index contributed by atoms with van der Waals surface area (Å²) in [4.78, 5) is 12.1. The third-order valence-corrected chi connectivity index (χ3v) is 3.21. The Labute approximate surface area is 119 Å². The second-order valence-electron chi connectivity index (χ2n) is 4.60. The molecule has 0 radical (unpaired) electrons. The Morgan fingerprint density at radius 3 is 3.00 bits per heavy atom. The van der Waals surface area contributed by atoms with E-state index in [1.165, 1.54) is 0 Å². The normalized spacial score (nSPS) is 18.3. The van der Waals surface area contributed by atoms with Crippen LogP contribution in [0.4, 0.5) is 0 Å². The van der Waals surface area contributed by atoms with Gasteiger partial charge in [0.2, 0.25) is 0 Å². The minimum Gasteiger partial charge on any atom is -0.462 e. The summed E-state index contributed by atoms with van der Waals surface area (Å²) in [5.41, 5.74) is 2.41. The Morgan fingerprint density at radius 2 is 2.35 bits per heavy atom. The van der Waals surface area contributed by atoms with Gasteiger partial charge in [-0.15, -0.1) is 0 Å². The first-order chi connectivity index (χ1) is 9.77. The third kappa shape index (κ3) is 3.07. The number of hydrogen-bond donors (Lipinski definition) is 1. The van der Waals surface area contributed by atoms with Crippen LogP contribution in [-0.2, 0) is 9.53 Å². The molecule has 1 aromatic heterocycles. The van der Waals surface area contributed by atoms with E-state index in [0.717, 1.165) is 24.1 Å². The van der Waals surface area contributed by atoms with E-state index in [4.69, 9.17) is 4.74 Å². The SMILES string of the molecule is CC/C=C(/C(=O)OCC)c1cn[nH]c1C1C=CC=CC1. The lowest BCUT2D eigenvalue weighted by atomic mass is 9.92. The number of hydrogen-bond acceptors (Lipinski definition) is 3. The van der Waals surface area contributed by atoms with E-state index in [9.17, 15) is 4.79 Å². The van der Waals surface area contributed by atoms with Crippen LogP contribution in [0.2, 0.25) is 0 Å². The highest BCUT2D eigenvalue weighted by atomic mass is 16.5. The summed E-state index contributed by atoms with van der Waals surface area (Å²) >= 11 is 0. The Balaban J connectivity index is 2.33. The first-order valence-corrected chi connectivity index (χ1v) is 7.02. The van der Waals surface area contributed by atoms with Crippen LogP contribution in [0.5, 0.6) is 0 Å². The quantitative estimate of drug-likeness (QED) is 0.660. The van der Waals surface area contributed by atoms with Gasteiger partial charge >= 0.3 is 5.97 Å². The average Bonchev–Trinajstić information content (AvgIpc) is 2.95. The number of aromatic amines is 1. The van der Waals surface area contributed by atoms with Crippen molar-refractivity contribution in [1.82, 2.24) is 10.2 Å². The fraction of sp³-hybridized carbons (Fsp3) is 0.375. The second kappa shape index (κ2) is 6.89. The van der Waals surface area contributed by atoms with E-state index in [1.807, 2.05) is 32.1 Å². The van der Waals surface area contributed by atoms with Gasteiger partial charge in [0.15, 0.2) is 0 Å². The molecule has 1 aliphatic carbocycles. The number of ether oxygens (including phenoxy) is 1. The molecule has 0 amide bonds. The van der Waals surface area contributed by atoms with E-state index in [1.54, 1.807) is 6.20 Å². The summed E-state index contributed by atoms with van der Waals surface area (Å²) in [6, 6.07) is 0. The molecule has 0 bridgehead atoms. The van der Waals surface area contributed by atoms with Gasteiger partial charge in [0, 0.05) is 11.5 Å². The maximum absolute atomic E-state index is 12.1. The van der Waals surface area contributed by atoms with Crippen molar-refractivity contribution < 1.29 is 9.53 Å². The average molecular weight is 272 g/mol. The second-order valence-corrected chi connectivity index (χ2v) is 4.60. The maximum atomic E-state index is 12.1. The highest BCUT2D eigenvalue weighted by molar-refractivity contribution is 6.16. The number of esters is 1. The van der Waals surface area contributed by atoms with Crippen molar-refractivity contribution in [2.45, 2.75) is 32.6 Å². The van der Waals surface area contributed by atoms with Crippen molar-refractivity contribution in [3.63, 3.8) is 0 Å². The van der Waals surface area contributed by atoms with Crippen LogP contribution >= 0.6 is 0 Å². The lowest BCUT2D eigenvalue weighted by molar-refractivity contribution is -0.136. The van der Waals surface area contributed by atoms with Crippen molar-refractivity contribution in [2.24, 2.45) is 0 Å². The molecule has 1 N–H and O–H groups in total. The zero-order valence-corrected chi connectivity index (χ0v) is 11.9. The summed E-state index contributed by atoms with van der Waals surface area (Å²) in [5.74, 6) is -0.0560. The molecule has 4 nitrogen and oxygen atoms in total. The smallest absolute Gasteiger partial charge is 0.338 e. The van der Waals surface area contributed by atoms with Gasteiger partial charge in [-0.1, -0.05) is 37.3 Å². The van der Waals surface area contributed by atoms with Crippen molar-refractivity contribution in [3.8, 4) is 0 Å². The summed E-state index contributed by atoms with van der Waals surface area (Å²) in [5, 5.41) is 7.14. The number of nitrogens with one attached hydrogen (secondary N) is 1. The fourth-order valence-electron chi connectivity index (χ4n) is 2.30. The molecule has 20 heavy (non-hydrogen) atoms. The summed E-state index contributed by atoms with van der Waals surface area (Å²) < 4.78 is 5.14. The van der Waals surface area contributed by atoms with Crippen LogP contribution < -0.4 is 0 Å². The minimum atomic E-state index is -0.285. The molecule has 0 aromatic carbocycles. The Kier molecular flexibility index (Phi) is 4.93. The number of allylic oxidation sites excluding steroid dienone is 5. The highest BCUT2D eigenvalue weighted by Crippen LogP contribution is 2.30. The predicted octanol–water partition coefficient (Wildman–Crippen LogP) is 3.37. The molecular weight excluding hydrogens is 252 g/mol.